The second-order valence-corrected chi connectivity index (χ2v) is 8.67. The predicted octanol–water partition coefficient (Wildman–Crippen LogP) is 3.86. The number of methoxy groups -OCH3 is 2. The summed E-state index contributed by atoms with van der Waals surface area (Å²) in [5.74, 6) is 2.07. The number of aromatic amines is 1. The Hall–Kier alpha value is -2.35. The van der Waals surface area contributed by atoms with Crippen molar-refractivity contribution in [2.75, 3.05) is 25.3 Å². The third kappa shape index (κ3) is 3.90. The highest BCUT2D eigenvalue weighted by Crippen LogP contribution is 2.43. The lowest BCUT2D eigenvalue weighted by molar-refractivity contribution is -0.113. The van der Waals surface area contributed by atoms with E-state index in [1.165, 1.54) is 24.6 Å². The first-order valence-corrected chi connectivity index (χ1v) is 11.1. The Morgan fingerprint density at radius 1 is 1.03 bits per heavy atom. The first kappa shape index (κ1) is 19.9. The summed E-state index contributed by atoms with van der Waals surface area (Å²) in [6.45, 7) is 0. The molecule has 0 bridgehead atoms. The number of ether oxygens (including phenoxy) is 2. The molecular weight excluding hydrogens is 390 g/mol. The van der Waals surface area contributed by atoms with E-state index in [4.69, 9.17) is 9.47 Å². The Kier molecular flexibility index (Phi) is 5.89. The average molecular weight is 418 g/mol. The number of anilines is 1. The van der Waals surface area contributed by atoms with Gasteiger partial charge in [-0.25, -0.2) is 0 Å². The van der Waals surface area contributed by atoms with Gasteiger partial charge in [0.1, 0.15) is 5.82 Å². The molecule has 8 heteroatoms. The van der Waals surface area contributed by atoms with Crippen molar-refractivity contribution in [2.24, 2.45) is 0 Å². The molecule has 29 heavy (non-hydrogen) atoms. The molecule has 7 nitrogen and oxygen atoms in total. The highest BCUT2D eigenvalue weighted by molar-refractivity contribution is 8.00. The fourth-order valence-corrected chi connectivity index (χ4v) is 5.43. The van der Waals surface area contributed by atoms with Crippen LogP contribution < -0.4 is 20.3 Å². The van der Waals surface area contributed by atoms with Gasteiger partial charge in [-0.15, -0.1) is 11.8 Å². The molecule has 1 aliphatic heterocycles. The van der Waals surface area contributed by atoms with Crippen LogP contribution in [-0.2, 0) is 4.79 Å². The molecule has 2 aromatic rings. The van der Waals surface area contributed by atoms with E-state index in [9.17, 15) is 9.59 Å². The van der Waals surface area contributed by atoms with Crippen molar-refractivity contribution in [3.63, 3.8) is 0 Å². The summed E-state index contributed by atoms with van der Waals surface area (Å²) in [6.07, 6.45) is 6.76. The fourth-order valence-electron chi connectivity index (χ4n) is 4.31. The fraction of sp³-hybridized carbons (Fsp3) is 0.524. The first-order valence-electron chi connectivity index (χ1n) is 10.1. The summed E-state index contributed by atoms with van der Waals surface area (Å²) in [5.41, 5.74) is 1.38. The molecule has 1 aromatic carbocycles. The lowest BCUT2D eigenvalue weighted by Crippen LogP contribution is -2.19. The lowest BCUT2D eigenvalue weighted by Gasteiger charge is -2.20. The number of rotatable bonds is 4. The zero-order valence-corrected chi connectivity index (χ0v) is 17.6. The van der Waals surface area contributed by atoms with Crippen LogP contribution in [0, 0.1) is 0 Å². The van der Waals surface area contributed by atoms with E-state index >= 15 is 0 Å². The van der Waals surface area contributed by atoms with Crippen LogP contribution in [0.5, 0.6) is 11.5 Å². The van der Waals surface area contributed by atoms with Crippen molar-refractivity contribution in [3.05, 3.63) is 39.7 Å². The molecule has 1 fully saturated rings. The van der Waals surface area contributed by atoms with E-state index in [1.54, 1.807) is 14.2 Å². The number of fused-ring (bicyclic) bond motifs is 1. The van der Waals surface area contributed by atoms with Crippen molar-refractivity contribution in [2.45, 2.75) is 49.8 Å². The maximum Gasteiger partial charge on any atom is 0.270 e. The van der Waals surface area contributed by atoms with Gasteiger partial charge in [-0.2, -0.15) is 0 Å². The number of carbonyl (C=O) groups excluding carboxylic acids is 1. The third-order valence-corrected chi connectivity index (χ3v) is 7.03. The minimum Gasteiger partial charge on any atom is -0.493 e. The predicted molar refractivity (Wildman–Crippen MR) is 114 cm³/mol. The van der Waals surface area contributed by atoms with Crippen molar-refractivity contribution in [3.8, 4) is 11.5 Å². The van der Waals surface area contributed by atoms with Gasteiger partial charge >= 0.3 is 0 Å². The molecule has 1 atom stereocenters. The van der Waals surface area contributed by atoms with Gasteiger partial charge in [0.25, 0.3) is 5.56 Å². The summed E-state index contributed by atoms with van der Waals surface area (Å²) < 4.78 is 12.7. The highest BCUT2D eigenvalue weighted by atomic mass is 32.2. The minimum atomic E-state index is -0.264. The Bertz CT molecular complexity index is 944. The molecule has 1 aromatic heterocycles. The zero-order valence-electron chi connectivity index (χ0n) is 16.8. The van der Waals surface area contributed by atoms with Crippen LogP contribution >= 0.6 is 11.8 Å². The molecule has 0 unspecified atom stereocenters. The number of nitrogens with one attached hydrogen (secondary N) is 2. The van der Waals surface area contributed by atoms with Gasteiger partial charge in [0.05, 0.1) is 36.8 Å². The maximum atomic E-state index is 13.0. The van der Waals surface area contributed by atoms with Crippen molar-refractivity contribution < 1.29 is 14.3 Å². The maximum absolute atomic E-state index is 13.0. The van der Waals surface area contributed by atoms with E-state index in [-0.39, 0.29) is 28.5 Å². The van der Waals surface area contributed by atoms with Crippen LogP contribution in [0.25, 0.3) is 0 Å². The number of thioether (sulfide) groups is 1. The number of nitrogens with zero attached hydrogens (tertiary/aromatic N) is 1. The zero-order chi connectivity index (χ0) is 20.4. The topological polar surface area (TPSA) is 85.4 Å². The van der Waals surface area contributed by atoms with Gasteiger partial charge in [-0.3, -0.25) is 19.4 Å². The molecule has 0 spiro atoms. The normalized spacial score (nSPS) is 20.3. The van der Waals surface area contributed by atoms with Gasteiger partial charge in [0.15, 0.2) is 11.5 Å². The van der Waals surface area contributed by atoms with Crippen molar-refractivity contribution in [1.29, 1.82) is 0 Å². The van der Waals surface area contributed by atoms with E-state index in [2.05, 4.69) is 10.4 Å². The van der Waals surface area contributed by atoms with Crippen LogP contribution in [0.15, 0.2) is 23.0 Å². The summed E-state index contributed by atoms with van der Waals surface area (Å²) in [5, 5.41) is 5.76. The minimum absolute atomic E-state index is 0.0828. The number of hydrogen-bond donors (Lipinski definition) is 2. The Morgan fingerprint density at radius 2 is 1.76 bits per heavy atom. The molecule has 156 valence electrons. The van der Waals surface area contributed by atoms with Gasteiger partial charge in [0, 0.05) is 0 Å². The van der Waals surface area contributed by atoms with Crippen LogP contribution in [0.2, 0.25) is 0 Å². The third-order valence-electron chi connectivity index (χ3n) is 5.76. The molecule has 2 aliphatic rings. The molecule has 1 saturated carbocycles. The Labute approximate surface area is 174 Å². The largest absolute Gasteiger partial charge is 0.493 e. The van der Waals surface area contributed by atoms with Crippen molar-refractivity contribution >= 4 is 23.5 Å². The van der Waals surface area contributed by atoms with Gasteiger partial charge in [-0.1, -0.05) is 31.7 Å². The standard InChI is InChI=1S/C21H27N3O4S/c1-27-15-10-9-13(11-16(15)28-2)19-18-20(22-17(25)12-29-19)24(23-21(18)26)14-7-5-3-4-6-8-14/h9-11,14,19H,3-8,12H2,1-2H3,(H,22,25)(H,23,26)/t19-/m1/s1. The second kappa shape index (κ2) is 8.57. The summed E-state index contributed by atoms with van der Waals surface area (Å²) in [4.78, 5) is 25.5. The van der Waals surface area contributed by atoms with E-state index in [0.717, 1.165) is 31.2 Å². The van der Waals surface area contributed by atoms with Gasteiger partial charge in [0.2, 0.25) is 5.91 Å². The molecule has 2 heterocycles. The Morgan fingerprint density at radius 3 is 2.45 bits per heavy atom. The number of benzene rings is 1. The van der Waals surface area contributed by atoms with Gasteiger partial charge < -0.3 is 14.8 Å². The molecule has 1 amide bonds. The van der Waals surface area contributed by atoms with Crippen LogP contribution in [-0.4, -0.2) is 35.7 Å². The summed E-state index contributed by atoms with van der Waals surface area (Å²) in [7, 11) is 3.18. The SMILES string of the molecule is COc1ccc([C@H]2SCC(=O)Nc3c2c(=O)[nH]n3C2CCCCCC2)cc1OC. The monoisotopic (exact) mass is 417 g/mol. The number of aromatic nitrogens is 2. The molecular formula is C21H27N3O4S. The van der Waals surface area contributed by atoms with Crippen LogP contribution in [0.4, 0.5) is 5.82 Å². The molecule has 0 saturated heterocycles. The van der Waals surface area contributed by atoms with E-state index in [0.29, 0.717) is 22.9 Å². The molecule has 4 rings (SSSR count). The van der Waals surface area contributed by atoms with E-state index < -0.39 is 0 Å². The van der Waals surface area contributed by atoms with Crippen LogP contribution in [0.1, 0.15) is 60.9 Å². The quantitative estimate of drug-likeness (QED) is 0.738. The number of carbonyl (C=O) groups is 1. The van der Waals surface area contributed by atoms with E-state index in [1.807, 2.05) is 22.9 Å². The second-order valence-electron chi connectivity index (χ2n) is 7.57. The summed E-state index contributed by atoms with van der Waals surface area (Å²) in [6, 6.07) is 5.87. The van der Waals surface area contributed by atoms with Crippen molar-refractivity contribution in [1.82, 2.24) is 9.78 Å². The number of hydrogen-bond acceptors (Lipinski definition) is 5. The van der Waals surface area contributed by atoms with Gasteiger partial charge in [-0.05, 0) is 30.5 Å². The average Bonchev–Trinajstić information content (AvgIpc) is 2.94. The first-order chi connectivity index (χ1) is 14.1. The highest BCUT2D eigenvalue weighted by Gasteiger charge is 2.32. The molecule has 0 radical (unpaired) electrons. The Balaban J connectivity index is 1.79. The number of amides is 1. The smallest absolute Gasteiger partial charge is 0.270 e. The number of H-pyrrole nitrogens is 1. The lowest BCUT2D eigenvalue weighted by atomic mass is 10.0. The van der Waals surface area contributed by atoms with Crippen LogP contribution in [0.3, 0.4) is 0 Å². The summed E-state index contributed by atoms with van der Waals surface area (Å²) >= 11 is 1.46. The molecule has 2 N–H and O–H groups in total. The molecule has 1 aliphatic carbocycles.